The third kappa shape index (κ3) is 3.66. The van der Waals surface area contributed by atoms with Gasteiger partial charge in [0, 0.05) is 19.5 Å². The fourth-order valence-corrected chi connectivity index (χ4v) is 4.83. The van der Waals surface area contributed by atoms with Crippen molar-refractivity contribution in [2.75, 3.05) is 13.1 Å². The maximum atomic E-state index is 12.4. The van der Waals surface area contributed by atoms with Crippen LogP contribution in [0.4, 0.5) is 0 Å². The van der Waals surface area contributed by atoms with Crippen molar-refractivity contribution in [2.45, 2.75) is 25.7 Å². The third-order valence-electron chi connectivity index (χ3n) is 4.84. The van der Waals surface area contributed by atoms with Crippen LogP contribution in [-0.4, -0.2) is 38.7 Å². The highest BCUT2D eigenvalue weighted by Crippen LogP contribution is 2.23. The molecule has 3 aromatic heterocycles. The Kier molecular flexibility index (Phi) is 5.03. The molecule has 0 aliphatic carbocycles. The average Bonchev–Trinajstić information content (AvgIpc) is 3.38. The fourth-order valence-electron chi connectivity index (χ4n) is 3.42. The van der Waals surface area contributed by atoms with E-state index in [1.807, 2.05) is 39.2 Å². The first-order valence-corrected chi connectivity index (χ1v) is 10.5. The molecule has 4 heterocycles. The number of hydrogen-bond donors (Lipinski definition) is 1. The van der Waals surface area contributed by atoms with Crippen molar-refractivity contribution in [2.24, 2.45) is 5.92 Å². The van der Waals surface area contributed by atoms with Gasteiger partial charge in [0.1, 0.15) is 10.8 Å². The van der Waals surface area contributed by atoms with Crippen LogP contribution in [0.25, 0.3) is 5.00 Å². The van der Waals surface area contributed by atoms with Gasteiger partial charge >= 0.3 is 5.69 Å². The quantitative estimate of drug-likeness (QED) is 0.731. The average molecular weight is 389 g/mol. The Morgan fingerprint density at radius 1 is 1.27 bits per heavy atom. The van der Waals surface area contributed by atoms with Crippen LogP contribution in [0.5, 0.6) is 0 Å². The second-order valence-corrected chi connectivity index (χ2v) is 8.27. The van der Waals surface area contributed by atoms with Gasteiger partial charge in [-0.15, -0.1) is 11.3 Å². The molecule has 0 spiro atoms. The maximum Gasteiger partial charge on any atom is 0.348 e. The summed E-state index contributed by atoms with van der Waals surface area (Å²) < 4.78 is 1.67. The Morgan fingerprint density at radius 2 is 2.12 bits per heavy atom. The van der Waals surface area contributed by atoms with Crippen molar-refractivity contribution in [1.82, 2.24) is 19.7 Å². The number of nitrogens with one attached hydrogen (secondary N) is 1. The molecule has 1 N–H and O–H groups in total. The van der Waals surface area contributed by atoms with E-state index in [-0.39, 0.29) is 11.6 Å². The van der Waals surface area contributed by atoms with E-state index in [9.17, 15) is 9.59 Å². The van der Waals surface area contributed by atoms with Crippen LogP contribution in [0.2, 0.25) is 0 Å². The van der Waals surface area contributed by atoms with Crippen LogP contribution in [-0.2, 0) is 17.6 Å². The number of hydrogen-bond acceptors (Lipinski definition) is 5. The molecule has 6 nitrogen and oxygen atoms in total. The lowest BCUT2D eigenvalue weighted by atomic mass is 9.93. The number of H-pyrrole nitrogens is 1. The summed E-state index contributed by atoms with van der Waals surface area (Å²) in [5.41, 5.74) is 0.907. The molecule has 136 valence electrons. The number of likely N-dealkylation sites (tertiary alicyclic amines) is 1. The molecule has 3 aromatic rings. The zero-order chi connectivity index (χ0) is 17.9. The Morgan fingerprint density at radius 3 is 2.81 bits per heavy atom. The summed E-state index contributed by atoms with van der Waals surface area (Å²) in [4.78, 5) is 26.4. The summed E-state index contributed by atoms with van der Waals surface area (Å²) in [7, 11) is 0. The van der Waals surface area contributed by atoms with E-state index >= 15 is 0 Å². The predicted octanol–water partition coefficient (Wildman–Crippen LogP) is 2.71. The van der Waals surface area contributed by atoms with E-state index < -0.39 is 0 Å². The number of rotatable bonds is 5. The highest BCUT2D eigenvalue weighted by molar-refractivity contribution is 7.12. The van der Waals surface area contributed by atoms with E-state index in [4.69, 9.17) is 0 Å². The second-order valence-electron chi connectivity index (χ2n) is 6.57. The van der Waals surface area contributed by atoms with E-state index in [1.165, 1.54) is 11.3 Å². The van der Waals surface area contributed by atoms with Crippen LogP contribution >= 0.6 is 22.7 Å². The van der Waals surface area contributed by atoms with E-state index in [1.54, 1.807) is 15.9 Å². The van der Waals surface area contributed by atoms with Crippen molar-refractivity contribution >= 4 is 28.6 Å². The molecule has 1 saturated heterocycles. The Bertz CT molecular complexity index is 904. The highest BCUT2D eigenvalue weighted by Gasteiger charge is 2.25. The van der Waals surface area contributed by atoms with E-state index in [0.29, 0.717) is 12.3 Å². The van der Waals surface area contributed by atoms with Gasteiger partial charge in [-0.1, -0.05) is 0 Å². The highest BCUT2D eigenvalue weighted by atomic mass is 32.1. The largest absolute Gasteiger partial charge is 0.348 e. The number of aromatic amines is 1. The molecule has 0 bridgehead atoms. The maximum absolute atomic E-state index is 12.4. The molecule has 0 radical (unpaired) electrons. The smallest absolute Gasteiger partial charge is 0.342 e. The number of thiophene rings is 2. The number of carbonyl (C=O) groups excluding carboxylic acids is 1. The molecule has 8 heteroatoms. The number of carbonyl (C=O) groups is 1. The topological polar surface area (TPSA) is 71.0 Å². The second kappa shape index (κ2) is 7.59. The van der Waals surface area contributed by atoms with Crippen LogP contribution in [0, 0.1) is 5.92 Å². The molecule has 1 fully saturated rings. The van der Waals surface area contributed by atoms with Crippen LogP contribution in [0.3, 0.4) is 0 Å². The Labute approximate surface area is 159 Å². The summed E-state index contributed by atoms with van der Waals surface area (Å²) >= 11 is 3.15. The zero-order valence-corrected chi connectivity index (χ0v) is 15.9. The minimum absolute atomic E-state index is 0.189. The van der Waals surface area contributed by atoms with Gasteiger partial charge in [-0.05, 0) is 58.7 Å². The lowest BCUT2D eigenvalue weighted by Gasteiger charge is -2.31. The minimum atomic E-state index is -0.189. The first-order valence-electron chi connectivity index (χ1n) is 8.70. The number of aromatic nitrogens is 3. The van der Waals surface area contributed by atoms with Gasteiger partial charge < -0.3 is 4.90 Å². The SMILES string of the molecule is O=C(Cc1ccsc1)N1CCC(Cc2n[nH]c(=O)n2-c2cccs2)CC1. The lowest BCUT2D eigenvalue weighted by Crippen LogP contribution is -2.39. The molecule has 1 aliphatic heterocycles. The number of piperidine rings is 1. The summed E-state index contributed by atoms with van der Waals surface area (Å²) in [6, 6.07) is 5.87. The molecule has 0 unspecified atom stereocenters. The normalized spacial score (nSPS) is 15.5. The van der Waals surface area contributed by atoms with Crippen LogP contribution < -0.4 is 5.69 Å². The van der Waals surface area contributed by atoms with Gasteiger partial charge in [0.05, 0.1) is 6.42 Å². The van der Waals surface area contributed by atoms with E-state index in [0.717, 1.165) is 48.7 Å². The Balaban J connectivity index is 1.36. The summed E-state index contributed by atoms with van der Waals surface area (Å²) in [6.45, 7) is 1.56. The van der Waals surface area contributed by atoms with Crippen molar-refractivity contribution < 1.29 is 4.79 Å². The van der Waals surface area contributed by atoms with E-state index in [2.05, 4.69) is 10.2 Å². The zero-order valence-electron chi connectivity index (χ0n) is 14.3. The monoisotopic (exact) mass is 388 g/mol. The molecular formula is C18H20N4O2S2. The molecule has 0 aromatic carbocycles. The lowest BCUT2D eigenvalue weighted by molar-refractivity contribution is -0.131. The molecule has 1 amide bonds. The van der Waals surface area contributed by atoms with Crippen molar-refractivity contribution in [3.63, 3.8) is 0 Å². The fraction of sp³-hybridized carbons (Fsp3) is 0.389. The summed E-state index contributed by atoms with van der Waals surface area (Å²) in [5.74, 6) is 1.42. The van der Waals surface area contributed by atoms with Gasteiger partial charge in [-0.3, -0.25) is 4.79 Å². The van der Waals surface area contributed by atoms with Gasteiger partial charge in [0.15, 0.2) is 0 Å². The molecule has 26 heavy (non-hydrogen) atoms. The van der Waals surface area contributed by atoms with Gasteiger partial charge in [0.2, 0.25) is 5.91 Å². The summed E-state index contributed by atoms with van der Waals surface area (Å²) in [6.07, 6.45) is 3.14. The molecular weight excluding hydrogens is 368 g/mol. The molecule has 0 atom stereocenters. The third-order valence-corrected chi connectivity index (χ3v) is 6.43. The van der Waals surface area contributed by atoms with Gasteiger partial charge in [0.25, 0.3) is 0 Å². The Hall–Kier alpha value is -2.19. The van der Waals surface area contributed by atoms with Crippen LogP contribution in [0.15, 0.2) is 39.1 Å². The summed E-state index contributed by atoms with van der Waals surface area (Å²) in [5, 5.41) is 13.7. The van der Waals surface area contributed by atoms with Gasteiger partial charge in [-0.25, -0.2) is 14.5 Å². The standard InChI is InChI=1S/C18H20N4O2S2/c23-16(11-14-5-9-25-12-14)21-6-3-13(4-7-21)10-15-19-20-18(24)22(15)17-2-1-8-26-17/h1-2,5,8-9,12-13H,3-4,6-7,10-11H2,(H,20,24). The first kappa shape index (κ1) is 17.2. The number of nitrogens with zero attached hydrogens (tertiary/aromatic N) is 3. The first-order chi connectivity index (χ1) is 12.7. The molecule has 0 saturated carbocycles. The molecule has 1 aliphatic rings. The minimum Gasteiger partial charge on any atom is -0.342 e. The molecule has 4 rings (SSSR count). The van der Waals surface area contributed by atoms with Crippen molar-refractivity contribution in [3.05, 3.63) is 56.2 Å². The van der Waals surface area contributed by atoms with Gasteiger partial charge in [-0.2, -0.15) is 16.4 Å². The predicted molar refractivity (Wildman–Crippen MR) is 103 cm³/mol. The number of amides is 1. The van der Waals surface area contributed by atoms with Crippen LogP contribution in [0.1, 0.15) is 24.2 Å². The van der Waals surface area contributed by atoms with Crippen molar-refractivity contribution in [3.8, 4) is 5.00 Å². The van der Waals surface area contributed by atoms with Crippen molar-refractivity contribution in [1.29, 1.82) is 0 Å².